The summed E-state index contributed by atoms with van der Waals surface area (Å²) in [5.74, 6) is 0.800. The van der Waals surface area contributed by atoms with Crippen molar-refractivity contribution in [1.29, 1.82) is 0 Å². The van der Waals surface area contributed by atoms with Crippen molar-refractivity contribution < 1.29 is 4.79 Å². The lowest BCUT2D eigenvalue weighted by Crippen LogP contribution is -2.16. The molecule has 4 heteroatoms. The molecule has 0 saturated heterocycles. The van der Waals surface area contributed by atoms with Crippen LogP contribution in [0.5, 0.6) is 0 Å². The molecule has 1 nitrogen and oxygen atoms in total. The van der Waals surface area contributed by atoms with Gasteiger partial charge in [-0.1, -0.05) is 36.5 Å². The number of ketones is 1. The van der Waals surface area contributed by atoms with Crippen molar-refractivity contribution in [2.24, 2.45) is 11.8 Å². The summed E-state index contributed by atoms with van der Waals surface area (Å²) in [4.78, 5) is 12.2. The Hall–Kier alpha value is -0.0500. The third-order valence-electron chi connectivity index (χ3n) is 3.12. The Morgan fingerprint density at radius 1 is 1.47 bits per heavy atom. The number of Topliss-reactive ketones (excluding diaryl/α,β-unsaturated/α-hetero) is 1. The second-order valence-corrected chi connectivity index (χ2v) is 6.40. The van der Waals surface area contributed by atoms with Gasteiger partial charge in [-0.15, -0.1) is 11.3 Å². The van der Waals surface area contributed by atoms with Gasteiger partial charge in [0.15, 0.2) is 5.78 Å². The van der Waals surface area contributed by atoms with Crippen molar-refractivity contribution >= 4 is 40.3 Å². The Morgan fingerprint density at radius 3 is 2.67 bits per heavy atom. The molecule has 1 aromatic rings. The molecule has 15 heavy (non-hydrogen) atoms. The van der Waals surface area contributed by atoms with Gasteiger partial charge in [0.05, 0.1) is 4.34 Å². The topological polar surface area (TPSA) is 17.1 Å². The maximum absolute atomic E-state index is 12.2. The van der Waals surface area contributed by atoms with Crippen molar-refractivity contribution in [2.45, 2.75) is 26.2 Å². The molecule has 1 heterocycles. The van der Waals surface area contributed by atoms with Gasteiger partial charge in [0.2, 0.25) is 0 Å². The van der Waals surface area contributed by atoms with Gasteiger partial charge in [0.1, 0.15) is 4.34 Å². The van der Waals surface area contributed by atoms with Crippen molar-refractivity contribution in [2.75, 3.05) is 0 Å². The summed E-state index contributed by atoms with van der Waals surface area (Å²) in [7, 11) is 0. The van der Waals surface area contributed by atoms with Crippen LogP contribution in [-0.4, -0.2) is 5.78 Å². The van der Waals surface area contributed by atoms with E-state index < -0.39 is 0 Å². The first kappa shape index (κ1) is 11.4. The Bertz CT molecular complexity index is 386. The molecule has 1 aliphatic carbocycles. The summed E-state index contributed by atoms with van der Waals surface area (Å²) in [6.45, 7) is 2.14. The van der Waals surface area contributed by atoms with Crippen LogP contribution >= 0.6 is 34.5 Å². The standard InChI is InChI=1S/C11H12Cl2OS/c1-6-3-2-4-7(6)10(14)8-5-9(12)15-11(8)13/h5-7H,2-4H2,1H3. The van der Waals surface area contributed by atoms with Gasteiger partial charge in [-0.2, -0.15) is 0 Å². The highest BCUT2D eigenvalue weighted by Gasteiger charge is 2.31. The van der Waals surface area contributed by atoms with E-state index in [9.17, 15) is 4.79 Å². The summed E-state index contributed by atoms with van der Waals surface area (Å²) >= 11 is 13.1. The second-order valence-electron chi connectivity index (χ2n) is 4.12. The Kier molecular flexibility index (Phi) is 3.39. The molecule has 1 aliphatic rings. The van der Waals surface area contributed by atoms with E-state index in [0.29, 0.717) is 20.2 Å². The summed E-state index contributed by atoms with van der Waals surface area (Å²) in [6.07, 6.45) is 3.28. The molecule has 1 fully saturated rings. The molecule has 1 saturated carbocycles. The van der Waals surface area contributed by atoms with Crippen molar-refractivity contribution in [1.82, 2.24) is 0 Å². The highest BCUT2D eigenvalue weighted by molar-refractivity contribution is 7.20. The molecule has 0 N–H and O–H groups in total. The van der Waals surface area contributed by atoms with Gasteiger partial charge in [0.25, 0.3) is 0 Å². The summed E-state index contributed by atoms with van der Waals surface area (Å²) in [6, 6.07) is 1.70. The van der Waals surface area contributed by atoms with Crippen LogP contribution in [0.3, 0.4) is 0 Å². The van der Waals surface area contributed by atoms with E-state index in [4.69, 9.17) is 23.2 Å². The van der Waals surface area contributed by atoms with Gasteiger partial charge in [0, 0.05) is 11.5 Å². The average Bonchev–Trinajstić information content (AvgIpc) is 2.71. The average molecular weight is 263 g/mol. The van der Waals surface area contributed by atoms with Gasteiger partial charge >= 0.3 is 0 Å². The Labute approximate surface area is 103 Å². The van der Waals surface area contributed by atoms with E-state index >= 15 is 0 Å². The Morgan fingerprint density at radius 2 is 2.20 bits per heavy atom. The molecule has 2 unspecified atom stereocenters. The van der Waals surface area contributed by atoms with E-state index in [1.165, 1.54) is 11.3 Å². The van der Waals surface area contributed by atoms with Crippen molar-refractivity contribution in [3.8, 4) is 0 Å². The number of halogens is 2. The lowest BCUT2D eigenvalue weighted by atomic mass is 9.91. The van der Waals surface area contributed by atoms with Crippen LogP contribution in [0.15, 0.2) is 6.07 Å². The summed E-state index contributed by atoms with van der Waals surface area (Å²) < 4.78 is 1.12. The fraction of sp³-hybridized carbons (Fsp3) is 0.545. The maximum Gasteiger partial charge on any atom is 0.168 e. The van der Waals surface area contributed by atoms with E-state index in [-0.39, 0.29) is 11.7 Å². The highest BCUT2D eigenvalue weighted by atomic mass is 35.5. The molecule has 82 valence electrons. The van der Waals surface area contributed by atoms with Gasteiger partial charge in [-0.3, -0.25) is 4.79 Å². The number of carbonyl (C=O) groups excluding carboxylic acids is 1. The number of rotatable bonds is 2. The zero-order valence-electron chi connectivity index (χ0n) is 8.43. The minimum Gasteiger partial charge on any atom is -0.294 e. The van der Waals surface area contributed by atoms with E-state index in [2.05, 4.69) is 6.92 Å². The second kappa shape index (κ2) is 4.44. The van der Waals surface area contributed by atoms with Gasteiger partial charge < -0.3 is 0 Å². The number of hydrogen-bond donors (Lipinski definition) is 0. The van der Waals surface area contributed by atoms with Crippen molar-refractivity contribution in [3.05, 3.63) is 20.3 Å². The highest BCUT2D eigenvalue weighted by Crippen LogP contribution is 2.38. The number of hydrogen-bond acceptors (Lipinski definition) is 2. The molecule has 0 spiro atoms. The van der Waals surface area contributed by atoms with E-state index in [0.717, 1.165) is 19.3 Å². The van der Waals surface area contributed by atoms with E-state index in [1.54, 1.807) is 6.07 Å². The minimum absolute atomic E-state index is 0.146. The predicted molar refractivity (Wildman–Crippen MR) is 65.2 cm³/mol. The first-order chi connectivity index (χ1) is 7.09. The fourth-order valence-corrected chi connectivity index (χ4v) is 3.72. The third-order valence-corrected chi connectivity index (χ3v) is 4.61. The van der Waals surface area contributed by atoms with Crippen LogP contribution in [0.2, 0.25) is 8.67 Å². The lowest BCUT2D eigenvalue weighted by Gasteiger charge is -2.12. The molecule has 1 aromatic heterocycles. The third kappa shape index (κ3) is 2.22. The minimum atomic E-state index is 0.146. The molecule has 2 atom stereocenters. The van der Waals surface area contributed by atoms with Gasteiger partial charge in [-0.05, 0) is 24.8 Å². The molecule has 0 amide bonds. The molecule has 0 bridgehead atoms. The quantitative estimate of drug-likeness (QED) is 0.708. The molecule has 0 aromatic carbocycles. The largest absolute Gasteiger partial charge is 0.294 e. The van der Waals surface area contributed by atoms with Crippen LogP contribution in [0, 0.1) is 11.8 Å². The molecular formula is C11H12Cl2OS. The maximum atomic E-state index is 12.2. The monoisotopic (exact) mass is 262 g/mol. The fourth-order valence-electron chi connectivity index (χ4n) is 2.24. The van der Waals surface area contributed by atoms with E-state index in [1.807, 2.05) is 0 Å². The molecule has 2 rings (SSSR count). The first-order valence-corrected chi connectivity index (χ1v) is 6.66. The summed E-state index contributed by atoms with van der Waals surface area (Å²) in [5, 5.41) is 0. The summed E-state index contributed by atoms with van der Waals surface area (Å²) in [5.41, 5.74) is 0.616. The van der Waals surface area contributed by atoms with Crippen LogP contribution < -0.4 is 0 Å². The SMILES string of the molecule is CC1CCCC1C(=O)c1cc(Cl)sc1Cl. The normalized spacial score (nSPS) is 25.8. The van der Waals surface area contributed by atoms with Gasteiger partial charge in [-0.25, -0.2) is 0 Å². The first-order valence-electron chi connectivity index (χ1n) is 5.08. The zero-order valence-corrected chi connectivity index (χ0v) is 10.8. The van der Waals surface area contributed by atoms with Crippen LogP contribution in [0.1, 0.15) is 36.5 Å². The zero-order chi connectivity index (χ0) is 11.0. The smallest absolute Gasteiger partial charge is 0.168 e. The molecular weight excluding hydrogens is 251 g/mol. The van der Waals surface area contributed by atoms with Crippen LogP contribution in [-0.2, 0) is 0 Å². The lowest BCUT2D eigenvalue weighted by molar-refractivity contribution is 0.0898. The predicted octanol–water partition coefficient (Wildman–Crippen LogP) is 4.67. The number of thiophene rings is 1. The van der Waals surface area contributed by atoms with Crippen molar-refractivity contribution in [3.63, 3.8) is 0 Å². The Balaban J connectivity index is 2.24. The van der Waals surface area contributed by atoms with Crippen LogP contribution in [0.25, 0.3) is 0 Å². The van der Waals surface area contributed by atoms with Crippen LogP contribution in [0.4, 0.5) is 0 Å². The molecule has 0 aliphatic heterocycles. The molecule has 0 radical (unpaired) electrons. The number of carbonyl (C=O) groups is 1.